The van der Waals surface area contributed by atoms with Crippen LogP contribution in [0.3, 0.4) is 0 Å². The van der Waals surface area contributed by atoms with Crippen LogP contribution in [0.4, 0.5) is 0 Å². The Morgan fingerprint density at radius 3 is 2.88 bits per heavy atom. The predicted octanol–water partition coefficient (Wildman–Crippen LogP) is 3.04. The topological polar surface area (TPSA) is 78.0 Å². The smallest absolute Gasteiger partial charge is 0.258 e. The fourth-order valence-electron chi connectivity index (χ4n) is 2.84. The third-order valence-corrected chi connectivity index (χ3v) is 5.95. The SMILES string of the molecule is O=c1cc(CSc2nnc(-c3ccncc3)n2C2CC2)nc2sccn12. The summed E-state index contributed by atoms with van der Waals surface area (Å²) in [5.41, 5.74) is 1.73. The summed E-state index contributed by atoms with van der Waals surface area (Å²) >= 11 is 3.03. The lowest BCUT2D eigenvalue weighted by atomic mass is 10.2. The highest BCUT2D eigenvalue weighted by Gasteiger charge is 2.30. The number of aromatic nitrogens is 6. The molecule has 7 nitrogen and oxygen atoms in total. The maximum absolute atomic E-state index is 12.1. The molecule has 5 rings (SSSR count). The van der Waals surface area contributed by atoms with Crippen molar-refractivity contribution in [1.29, 1.82) is 0 Å². The fraction of sp³-hybridized carbons (Fsp3) is 0.235. The molecule has 4 aromatic heterocycles. The van der Waals surface area contributed by atoms with E-state index in [0.29, 0.717) is 16.8 Å². The fourth-order valence-corrected chi connectivity index (χ4v) is 4.47. The van der Waals surface area contributed by atoms with Crippen LogP contribution in [-0.4, -0.2) is 29.1 Å². The first-order chi connectivity index (χ1) is 12.8. The van der Waals surface area contributed by atoms with Crippen LogP contribution in [0.15, 0.2) is 52.1 Å². The van der Waals surface area contributed by atoms with E-state index in [1.165, 1.54) is 11.3 Å². The quantitative estimate of drug-likeness (QED) is 0.494. The van der Waals surface area contributed by atoms with Crippen molar-refractivity contribution < 1.29 is 0 Å². The lowest BCUT2D eigenvalue weighted by Gasteiger charge is -2.08. The molecule has 1 aliphatic rings. The van der Waals surface area contributed by atoms with E-state index in [-0.39, 0.29) is 5.56 Å². The summed E-state index contributed by atoms with van der Waals surface area (Å²) in [5, 5.41) is 11.5. The molecule has 9 heteroatoms. The number of fused-ring (bicyclic) bond motifs is 1. The monoisotopic (exact) mass is 382 g/mol. The van der Waals surface area contributed by atoms with E-state index in [9.17, 15) is 4.79 Å². The van der Waals surface area contributed by atoms with Crippen LogP contribution in [0.5, 0.6) is 0 Å². The molecule has 0 aromatic carbocycles. The van der Waals surface area contributed by atoms with Gasteiger partial charge in [-0.15, -0.1) is 21.5 Å². The molecule has 0 spiro atoms. The van der Waals surface area contributed by atoms with E-state index in [1.807, 2.05) is 17.5 Å². The summed E-state index contributed by atoms with van der Waals surface area (Å²) in [5.74, 6) is 1.46. The van der Waals surface area contributed by atoms with Crippen molar-refractivity contribution in [3.63, 3.8) is 0 Å². The minimum atomic E-state index is -0.0482. The van der Waals surface area contributed by atoms with E-state index in [0.717, 1.165) is 35.1 Å². The first-order valence-corrected chi connectivity index (χ1v) is 10.1. The number of thioether (sulfide) groups is 1. The molecule has 130 valence electrons. The van der Waals surface area contributed by atoms with Crippen LogP contribution in [0.25, 0.3) is 16.3 Å². The first-order valence-electron chi connectivity index (χ1n) is 8.23. The number of rotatable bonds is 5. The minimum Gasteiger partial charge on any atom is -0.299 e. The zero-order chi connectivity index (χ0) is 17.5. The first kappa shape index (κ1) is 15.7. The minimum absolute atomic E-state index is 0.0482. The highest BCUT2D eigenvalue weighted by molar-refractivity contribution is 7.98. The van der Waals surface area contributed by atoms with Gasteiger partial charge in [0.05, 0.1) is 5.69 Å². The highest BCUT2D eigenvalue weighted by Crippen LogP contribution is 2.41. The normalized spacial score (nSPS) is 14.2. The van der Waals surface area contributed by atoms with Crippen LogP contribution >= 0.6 is 23.1 Å². The zero-order valence-corrected chi connectivity index (χ0v) is 15.3. The van der Waals surface area contributed by atoms with Crippen LogP contribution in [0.1, 0.15) is 24.6 Å². The van der Waals surface area contributed by atoms with E-state index < -0.39 is 0 Å². The van der Waals surface area contributed by atoms with Gasteiger partial charge in [-0.05, 0) is 25.0 Å². The third-order valence-electron chi connectivity index (χ3n) is 4.22. The third kappa shape index (κ3) is 2.82. The highest BCUT2D eigenvalue weighted by atomic mass is 32.2. The second kappa shape index (κ2) is 6.33. The number of nitrogens with zero attached hydrogens (tertiary/aromatic N) is 6. The predicted molar refractivity (Wildman–Crippen MR) is 100 cm³/mol. The Kier molecular flexibility index (Phi) is 3.83. The van der Waals surface area contributed by atoms with Crippen LogP contribution in [-0.2, 0) is 5.75 Å². The molecule has 4 heterocycles. The molecule has 0 aliphatic heterocycles. The molecule has 4 aromatic rings. The van der Waals surface area contributed by atoms with Gasteiger partial charge in [-0.2, -0.15) is 0 Å². The number of hydrogen-bond acceptors (Lipinski definition) is 7. The standard InChI is InChI=1S/C17H14N6OS2/c24-14-9-12(19-16-22(14)7-8-25-16)10-26-17-21-20-15(23(17)13-1-2-13)11-3-5-18-6-4-11/h3-9,13H,1-2,10H2. The maximum Gasteiger partial charge on any atom is 0.258 e. The molecule has 0 saturated heterocycles. The molecule has 0 N–H and O–H groups in total. The molecular weight excluding hydrogens is 368 g/mol. The second-order valence-electron chi connectivity index (χ2n) is 6.07. The van der Waals surface area contributed by atoms with Gasteiger partial charge >= 0.3 is 0 Å². The Labute approximate surface area is 156 Å². The second-order valence-corrected chi connectivity index (χ2v) is 7.89. The number of thiazole rings is 1. The maximum atomic E-state index is 12.1. The Morgan fingerprint density at radius 2 is 2.08 bits per heavy atom. The average Bonchev–Trinajstić information content (AvgIpc) is 3.23. The Hall–Kier alpha value is -2.52. The molecule has 1 aliphatic carbocycles. The van der Waals surface area contributed by atoms with Gasteiger partial charge in [-0.3, -0.25) is 18.7 Å². The summed E-state index contributed by atoms with van der Waals surface area (Å²) in [7, 11) is 0. The van der Waals surface area contributed by atoms with Gasteiger partial charge in [0.25, 0.3) is 5.56 Å². The molecule has 1 fully saturated rings. The number of pyridine rings is 1. The van der Waals surface area contributed by atoms with Crippen molar-refractivity contribution in [2.45, 2.75) is 29.8 Å². The van der Waals surface area contributed by atoms with E-state index in [1.54, 1.807) is 40.8 Å². The summed E-state index contributed by atoms with van der Waals surface area (Å²) in [6, 6.07) is 5.94. The molecule has 0 amide bonds. The molecule has 1 saturated carbocycles. The molecule has 0 atom stereocenters. The molecule has 0 bridgehead atoms. The van der Waals surface area contributed by atoms with E-state index >= 15 is 0 Å². The Balaban J connectivity index is 1.45. The van der Waals surface area contributed by atoms with E-state index in [2.05, 4.69) is 24.7 Å². The van der Waals surface area contributed by atoms with Gasteiger partial charge in [0, 0.05) is 47.4 Å². The lowest BCUT2D eigenvalue weighted by Crippen LogP contribution is -2.12. The summed E-state index contributed by atoms with van der Waals surface area (Å²) in [6.45, 7) is 0. The largest absolute Gasteiger partial charge is 0.299 e. The van der Waals surface area contributed by atoms with Gasteiger partial charge in [-0.25, -0.2) is 4.98 Å². The van der Waals surface area contributed by atoms with Gasteiger partial charge < -0.3 is 0 Å². The van der Waals surface area contributed by atoms with Crippen molar-refractivity contribution in [2.75, 3.05) is 0 Å². The molecule has 26 heavy (non-hydrogen) atoms. The molecule has 0 radical (unpaired) electrons. The van der Waals surface area contributed by atoms with Crippen LogP contribution in [0, 0.1) is 0 Å². The zero-order valence-electron chi connectivity index (χ0n) is 13.6. The summed E-state index contributed by atoms with van der Waals surface area (Å²) in [4.78, 5) is 21.5. The van der Waals surface area contributed by atoms with Crippen LogP contribution in [0.2, 0.25) is 0 Å². The van der Waals surface area contributed by atoms with Crippen molar-refractivity contribution in [3.05, 3.63) is 58.2 Å². The summed E-state index contributed by atoms with van der Waals surface area (Å²) in [6.07, 6.45) is 7.56. The van der Waals surface area contributed by atoms with Gasteiger partial charge in [0.2, 0.25) is 0 Å². The van der Waals surface area contributed by atoms with Crippen molar-refractivity contribution in [3.8, 4) is 11.4 Å². The van der Waals surface area contributed by atoms with E-state index in [4.69, 9.17) is 0 Å². The van der Waals surface area contributed by atoms with Crippen molar-refractivity contribution >= 4 is 28.1 Å². The Bertz CT molecular complexity index is 1130. The molecular formula is C17H14N6OS2. The van der Waals surface area contributed by atoms with Crippen LogP contribution < -0.4 is 5.56 Å². The Morgan fingerprint density at radius 1 is 1.23 bits per heavy atom. The number of hydrogen-bond donors (Lipinski definition) is 0. The van der Waals surface area contributed by atoms with Crippen molar-refractivity contribution in [1.82, 2.24) is 29.1 Å². The van der Waals surface area contributed by atoms with Gasteiger partial charge in [0.1, 0.15) is 0 Å². The lowest BCUT2D eigenvalue weighted by molar-refractivity contribution is 0.669. The van der Waals surface area contributed by atoms with Gasteiger partial charge in [0.15, 0.2) is 15.9 Å². The van der Waals surface area contributed by atoms with Crippen molar-refractivity contribution in [2.24, 2.45) is 0 Å². The summed E-state index contributed by atoms with van der Waals surface area (Å²) < 4.78 is 3.77. The van der Waals surface area contributed by atoms with Gasteiger partial charge in [-0.1, -0.05) is 11.8 Å². The molecule has 0 unspecified atom stereocenters. The average molecular weight is 382 g/mol.